The van der Waals surface area contributed by atoms with E-state index in [0.717, 1.165) is 25.2 Å². The van der Waals surface area contributed by atoms with Crippen molar-refractivity contribution in [3.8, 4) is 0 Å². The molecule has 0 aromatic heterocycles. The molecule has 1 aliphatic heterocycles. The number of hydrogen-bond donors (Lipinski definition) is 2. The highest BCUT2D eigenvalue weighted by Gasteiger charge is 2.38. The van der Waals surface area contributed by atoms with Crippen LogP contribution in [0.5, 0.6) is 0 Å². The molecule has 3 heteroatoms. The Balaban J connectivity index is 2.10. The number of aliphatic hydroxyl groups is 1. The number of anilines is 1. The van der Waals surface area contributed by atoms with Gasteiger partial charge < -0.3 is 10.4 Å². The number of nitrogens with one attached hydrogen (secondary N) is 1. The molecule has 1 saturated heterocycles. The standard InChI is InChI=1S/C15H24N2O/c1-12(2)17-8-7-15(10-17,11-18)16-14-6-4-5-13(3)9-14/h4-6,9,12,16,18H,7-8,10-11H2,1-3H3. The van der Waals surface area contributed by atoms with Gasteiger partial charge in [0.25, 0.3) is 0 Å². The fourth-order valence-corrected chi connectivity index (χ4v) is 2.64. The molecule has 0 spiro atoms. The Kier molecular flexibility index (Phi) is 3.93. The lowest BCUT2D eigenvalue weighted by molar-refractivity contribution is 0.196. The van der Waals surface area contributed by atoms with Crippen LogP contribution < -0.4 is 5.32 Å². The zero-order chi connectivity index (χ0) is 13.2. The highest BCUT2D eigenvalue weighted by molar-refractivity contribution is 5.48. The molecule has 18 heavy (non-hydrogen) atoms. The van der Waals surface area contributed by atoms with E-state index in [0.29, 0.717) is 6.04 Å². The smallest absolute Gasteiger partial charge is 0.0742 e. The van der Waals surface area contributed by atoms with Gasteiger partial charge in [0.2, 0.25) is 0 Å². The van der Waals surface area contributed by atoms with E-state index >= 15 is 0 Å². The second-order valence-corrected chi connectivity index (χ2v) is 5.75. The van der Waals surface area contributed by atoms with Gasteiger partial charge in [-0.15, -0.1) is 0 Å². The highest BCUT2D eigenvalue weighted by Crippen LogP contribution is 2.27. The maximum atomic E-state index is 9.76. The van der Waals surface area contributed by atoms with Gasteiger partial charge in [-0.05, 0) is 44.9 Å². The van der Waals surface area contributed by atoms with Crippen LogP contribution in [0.1, 0.15) is 25.8 Å². The summed E-state index contributed by atoms with van der Waals surface area (Å²) in [7, 11) is 0. The van der Waals surface area contributed by atoms with Crippen molar-refractivity contribution in [3.63, 3.8) is 0 Å². The summed E-state index contributed by atoms with van der Waals surface area (Å²) >= 11 is 0. The average Bonchev–Trinajstić information content (AvgIpc) is 2.74. The first-order valence-electron chi connectivity index (χ1n) is 6.74. The van der Waals surface area contributed by atoms with Crippen LogP contribution in [0.25, 0.3) is 0 Å². The van der Waals surface area contributed by atoms with E-state index in [9.17, 15) is 5.11 Å². The molecule has 2 rings (SSSR count). The van der Waals surface area contributed by atoms with Crippen molar-refractivity contribution in [2.24, 2.45) is 0 Å². The molecule has 0 aliphatic carbocycles. The number of benzene rings is 1. The van der Waals surface area contributed by atoms with E-state index in [1.54, 1.807) is 0 Å². The third-order valence-corrected chi connectivity index (χ3v) is 3.84. The summed E-state index contributed by atoms with van der Waals surface area (Å²) in [6.45, 7) is 8.66. The lowest BCUT2D eigenvalue weighted by Crippen LogP contribution is -2.45. The molecule has 0 amide bonds. The lowest BCUT2D eigenvalue weighted by Gasteiger charge is -2.31. The van der Waals surface area contributed by atoms with E-state index in [1.165, 1.54) is 5.56 Å². The molecule has 0 saturated carbocycles. The molecule has 0 bridgehead atoms. The Labute approximate surface area is 110 Å². The normalized spacial score (nSPS) is 24.7. The van der Waals surface area contributed by atoms with Crippen LogP contribution in [0.2, 0.25) is 0 Å². The second kappa shape index (κ2) is 5.29. The maximum Gasteiger partial charge on any atom is 0.0742 e. The Morgan fingerprint density at radius 2 is 2.22 bits per heavy atom. The predicted molar refractivity (Wildman–Crippen MR) is 75.9 cm³/mol. The SMILES string of the molecule is Cc1cccc(NC2(CO)CCN(C(C)C)C2)c1. The number of rotatable bonds is 4. The first kappa shape index (κ1) is 13.4. The number of likely N-dealkylation sites (tertiary alicyclic amines) is 1. The number of aliphatic hydroxyl groups excluding tert-OH is 1. The number of nitrogens with zero attached hydrogens (tertiary/aromatic N) is 1. The molecule has 100 valence electrons. The van der Waals surface area contributed by atoms with Crippen LogP contribution in [0.15, 0.2) is 24.3 Å². The summed E-state index contributed by atoms with van der Waals surface area (Å²) in [5.74, 6) is 0. The first-order chi connectivity index (χ1) is 8.54. The minimum absolute atomic E-state index is 0.182. The quantitative estimate of drug-likeness (QED) is 0.858. The fourth-order valence-electron chi connectivity index (χ4n) is 2.64. The van der Waals surface area contributed by atoms with Gasteiger partial charge in [-0.3, -0.25) is 4.90 Å². The first-order valence-corrected chi connectivity index (χ1v) is 6.74. The molecule has 1 atom stereocenters. The van der Waals surface area contributed by atoms with E-state index in [2.05, 4.69) is 55.3 Å². The minimum Gasteiger partial charge on any atom is -0.394 e. The molecule has 1 aromatic carbocycles. The topological polar surface area (TPSA) is 35.5 Å². The summed E-state index contributed by atoms with van der Waals surface area (Å²) in [6.07, 6.45) is 0.996. The average molecular weight is 248 g/mol. The van der Waals surface area contributed by atoms with Gasteiger partial charge in [-0.25, -0.2) is 0 Å². The Bertz CT molecular complexity index is 405. The van der Waals surface area contributed by atoms with Gasteiger partial charge in [0, 0.05) is 24.8 Å². The summed E-state index contributed by atoms with van der Waals surface area (Å²) in [4.78, 5) is 2.42. The van der Waals surface area contributed by atoms with Crippen molar-refractivity contribution in [2.75, 3.05) is 25.0 Å². The third kappa shape index (κ3) is 2.85. The van der Waals surface area contributed by atoms with E-state index < -0.39 is 0 Å². The zero-order valence-electron chi connectivity index (χ0n) is 11.6. The van der Waals surface area contributed by atoms with E-state index in [-0.39, 0.29) is 12.1 Å². The molecule has 0 radical (unpaired) electrons. The van der Waals surface area contributed by atoms with Crippen molar-refractivity contribution >= 4 is 5.69 Å². The predicted octanol–water partition coefficient (Wildman–Crippen LogP) is 2.25. The molecular formula is C15H24N2O. The Morgan fingerprint density at radius 3 is 2.78 bits per heavy atom. The van der Waals surface area contributed by atoms with Crippen molar-refractivity contribution in [1.29, 1.82) is 0 Å². The molecule has 1 heterocycles. The summed E-state index contributed by atoms with van der Waals surface area (Å²) in [6, 6.07) is 8.89. The maximum absolute atomic E-state index is 9.76. The molecule has 2 N–H and O–H groups in total. The van der Waals surface area contributed by atoms with Gasteiger partial charge in [-0.1, -0.05) is 12.1 Å². The van der Waals surface area contributed by atoms with Crippen LogP contribution >= 0.6 is 0 Å². The van der Waals surface area contributed by atoms with Crippen LogP contribution in [-0.2, 0) is 0 Å². The largest absolute Gasteiger partial charge is 0.394 e. The van der Waals surface area contributed by atoms with Crippen LogP contribution in [0, 0.1) is 6.92 Å². The fraction of sp³-hybridized carbons (Fsp3) is 0.600. The van der Waals surface area contributed by atoms with Crippen molar-refractivity contribution in [3.05, 3.63) is 29.8 Å². The monoisotopic (exact) mass is 248 g/mol. The van der Waals surface area contributed by atoms with Crippen molar-refractivity contribution in [1.82, 2.24) is 4.90 Å². The van der Waals surface area contributed by atoms with Crippen LogP contribution in [-0.4, -0.2) is 41.3 Å². The zero-order valence-corrected chi connectivity index (χ0v) is 11.6. The van der Waals surface area contributed by atoms with Crippen LogP contribution in [0.4, 0.5) is 5.69 Å². The number of hydrogen-bond acceptors (Lipinski definition) is 3. The summed E-state index contributed by atoms with van der Waals surface area (Å²) < 4.78 is 0. The van der Waals surface area contributed by atoms with Crippen molar-refractivity contribution < 1.29 is 5.11 Å². The molecule has 1 aliphatic rings. The van der Waals surface area contributed by atoms with E-state index in [1.807, 2.05) is 0 Å². The molecular weight excluding hydrogens is 224 g/mol. The molecule has 1 fully saturated rings. The summed E-state index contributed by atoms with van der Waals surface area (Å²) in [5, 5.41) is 13.3. The Hall–Kier alpha value is -1.06. The molecule has 3 nitrogen and oxygen atoms in total. The van der Waals surface area contributed by atoms with Crippen LogP contribution in [0.3, 0.4) is 0 Å². The second-order valence-electron chi connectivity index (χ2n) is 5.75. The third-order valence-electron chi connectivity index (χ3n) is 3.84. The van der Waals surface area contributed by atoms with Crippen molar-refractivity contribution in [2.45, 2.75) is 38.8 Å². The van der Waals surface area contributed by atoms with Gasteiger partial charge in [0.05, 0.1) is 12.1 Å². The van der Waals surface area contributed by atoms with Gasteiger partial charge in [0.15, 0.2) is 0 Å². The van der Waals surface area contributed by atoms with Gasteiger partial charge in [-0.2, -0.15) is 0 Å². The lowest BCUT2D eigenvalue weighted by atomic mass is 9.99. The molecule has 1 unspecified atom stereocenters. The highest BCUT2D eigenvalue weighted by atomic mass is 16.3. The number of aryl methyl sites for hydroxylation is 1. The minimum atomic E-state index is -0.182. The summed E-state index contributed by atoms with van der Waals surface area (Å²) in [5.41, 5.74) is 2.17. The Morgan fingerprint density at radius 1 is 1.44 bits per heavy atom. The van der Waals surface area contributed by atoms with Gasteiger partial charge in [0.1, 0.15) is 0 Å². The molecule has 1 aromatic rings. The van der Waals surface area contributed by atoms with Gasteiger partial charge >= 0.3 is 0 Å². The van der Waals surface area contributed by atoms with E-state index in [4.69, 9.17) is 0 Å².